The van der Waals surface area contributed by atoms with E-state index in [2.05, 4.69) is 5.32 Å². The first-order valence-corrected chi connectivity index (χ1v) is 7.25. The quantitative estimate of drug-likeness (QED) is 0.646. The summed E-state index contributed by atoms with van der Waals surface area (Å²) in [5.41, 5.74) is 0.612. The summed E-state index contributed by atoms with van der Waals surface area (Å²) in [6.07, 6.45) is 2.29. The van der Waals surface area contributed by atoms with Crippen LogP contribution in [0.25, 0.3) is 0 Å². The molecule has 1 N–H and O–H groups in total. The number of para-hydroxylation sites is 1. The zero-order chi connectivity index (χ0) is 15.6. The topological polar surface area (TPSA) is 75.5 Å². The number of nitrogens with zero attached hydrogens (tertiary/aromatic N) is 2. The van der Waals surface area contributed by atoms with Gasteiger partial charge in [-0.1, -0.05) is 6.07 Å². The molecule has 1 saturated carbocycles. The Morgan fingerprint density at radius 3 is 2.71 bits per heavy atom. The third-order valence-corrected chi connectivity index (χ3v) is 4.06. The molecule has 1 aromatic rings. The minimum Gasteiger partial charge on any atom is -0.379 e. The summed E-state index contributed by atoms with van der Waals surface area (Å²) in [7, 11) is 1.76. The molecule has 0 heterocycles. The van der Waals surface area contributed by atoms with Gasteiger partial charge in [0.2, 0.25) is 0 Å². The molecule has 1 unspecified atom stereocenters. The largest absolute Gasteiger partial charge is 0.379 e. The van der Waals surface area contributed by atoms with Crippen LogP contribution in [-0.4, -0.2) is 35.4 Å². The fraction of sp³-hybridized carbons (Fsp3) is 0.533. The number of rotatable bonds is 6. The summed E-state index contributed by atoms with van der Waals surface area (Å²) in [6.45, 7) is 4.40. The highest BCUT2D eigenvalue weighted by atomic mass is 16.6. The zero-order valence-corrected chi connectivity index (χ0v) is 12.6. The van der Waals surface area contributed by atoms with Crippen molar-refractivity contribution in [2.24, 2.45) is 5.92 Å². The van der Waals surface area contributed by atoms with Crippen molar-refractivity contribution in [1.82, 2.24) is 4.90 Å². The molecule has 1 aliphatic carbocycles. The second-order valence-electron chi connectivity index (χ2n) is 5.48. The van der Waals surface area contributed by atoms with Gasteiger partial charge in [0.25, 0.3) is 11.6 Å². The molecule has 1 aromatic carbocycles. The molecule has 0 bridgehead atoms. The summed E-state index contributed by atoms with van der Waals surface area (Å²) in [6, 6.07) is 4.77. The fourth-order valence-corrected chi connectivity index (χ4v) is 2.50. The lowest BCUT2D eigenvalue weighted by atomic mass is 10.1. The average Bonchev–Trinajstić information content (AvgIpc) is 3.30. The van der Waals surface area contributed by atoms with Gasteiger partial charge in [0, 0.05) is 25.7 Å². The monoisotopic (exact) mass is 291 g/mol. The number of carbonyl (C=O) groups is 1. The summed E-state index contributed by atoms with van der Waals surface area (Å²) in [5.74, 6) is 0.384. The van der Waals surface area contributed by atoms with E-state index in [9.17, 15) is 14.9 Å². The van der Waals surface area contributed by atoms with Crippen LogP contribution in [0.5, 0.6) is 0 Å². The first kappa shape index (κ1) is 15.3. The highest BCUT2D eigenvalue weighted by Crippen LogP contribution is 2.36. The minimum atomic E-state index is -0.459. The molecule has 0 radical (unpaired) electrons. The van der Waals surface area contributed by atoms with Gasteiger partial charge in [-0.05, 0) is 38.7 Å². The van der Waals surface area contributed by atoms with Crippen molar-refractivity contribution in [3.05, 3.63) is 33.9 Å². The molecule has 21 heavy (non-hydrogen) atoms. The van der Waals surface area contributed by atoms with Gasteiger partial charge < -0.3 is 10.2 Å². The third kappa shape index (κ3) is 3.15. The maximum Gasteiger partial charge on any atom is 0.293 e. The minimum absolute atomic E-state index is 0.0600. The van der Waals surface area contributed by atoms with E-state index >= 15 is 0 Å². The van der Waals surface area contributed by atoms with Gasteiger partial charge in [-0.15, -0.1) is 0 Å². The fourth-order valence-electron chi connectivity index (χ4n) is 2.50. The first-order chi connectivity index (χ1) is 9.97. The second kappa shape index (κ2) is 6.11. The Labute approximate surface area is 124 Å². The lowest BCUT2D eigenvalue weighted by molar-refractivity contribution is -0.384. The molecule has 0 aliphatic heterocycles. The Hall–Kier alpha value is -2.11. The van der Waals surface area contributed by atoms with E-state index in [0.29, 0.717) is 23.7 Å². The number of anilines is 1. The van der Waals surface area contributed by atoms with Crippen LogP contribution in [0, 0.1) is 16.0 Å². The average molecular weight is 291 g/mol. The molecule has 6 heteroatoms. The van der Waals surface area contributed by atoms with Gasteiger partial charge in [-0.3, -0.25) is 14.9 Å². The number of hydrogen-bond acceptors (Lipinski definition) is 4. The molecule has 2 rings (SSSR count). The molecule has 0 saturated heterocycles. The van der Waals surface area contributed by atoms with Crippen LogP contribution in [0.4, 0.5) is 11.4 Å². The standard InChI is InChI=1S/C15H21N3O3/c1-4-16-14-12(6-5-7-13(14)18(20)21)15(19)17(3)10(2)11-8-9-11/h5-7,10-11,16H,4,8-9H2,1-3H3. The van der Waals surface area contributed by atoms with Gasteiger partial charge >= 0.3 is 0 Å². The number of amides is 1. The SMILES string of the molecule is CCNc1c(C(=O)N(C)C(C)C2CC2)cccc1[N+](=O)[O-]. The predicted molar refractivity (Wildman–Crippen MR) is 81.5 cm³/mol. The normalized spacial score (nSPS) is 15.4. The van der Waals surface area contributed by atoms with Crippen LogP contribution >= 0.6 is 0 Å². The van der Waals surface area contributed by atoms with Crippen molar-refractivity contribution in [3.63, 3.8) is 0 Å². The molecule has 1 fully saturated rings. The van der Waals surface area contributed by atoms with E-state index < -0.39 is 4.92 Å². The van der Waals surface area contributed by atoms with E-state index in [4.69, 9.17) is 0 Å². The van der Waals surface area contributed by atoms with Crippen LogP contribution in [-0.2, 0) is 0 Å². The van der Waals surface area contributed by atoms with Crippen LogP contribution in [0.3, 0.4) is 0 Å². The molecule has 1 atom stereocenters. The van der Waals surface area contributed by atoms with Crippen LogP contribution in [0.1, 0.15) is 37.0 Å². The maximum absolute atomic E-state index is 12.7. The predicted octanol–water partition coefficient (Wildman–Crippen LogP) is 2.90. The van der Waals surface area contributed by atoms with Gasteiger partial charge in [0.05, 0.1) is 10.5 Å². The van der Waals surface area contributed by atoms with Gasteiger partial charge in [-0.2, -0.15) is 0 Å². The Balaban J connectivity index is 2.35. The Morgan fingerprint density at radius 1 is 1.52 bits per heavy atom. The van der Waals surface area contributed by atoms with Crippen LogP contribution < -0.4 is 5.32 Å². The highest BCUT2D eigenvalue weighted by Gasteiger charge is 2.34. The molecular weight excluding hydrogens is 270 g/mol. The molecule has 1 amide bonds. The number of hydrogen-bond donors (Lipinski definition) is 1. The summed E-state index contributed by atoms with van der Waals surface area (Å²) in [4.78, 5) is 25.0. The number of nitrogens with one attached hydrogen (secondary N) is 1. The van der Waals surface area contributed by atoms with E-state index in [1.165, 1.54) is 6.07 Å². The number of nitro benzene ring substituents is 1. The number of carbonyl (C=O) groups excluding carboxylic acids is 1. The van der Waals surface area contributed by atoms with Crippen molar-refractivity contribution in [1.29, 1.82) is 0 Å². The smallest absolute Gasteiger partial charge is 0.293 e. The van der Waals surface area contributed by atoms with Crippen molar-refractivity contribution in [2.75, 3.05) is 18.9 Å². The van der Waals surface area contributed by atoms with Crippen molar-refractivity contribution >= 4 is 17.3 Å². The van der Waals surface area contributed by atoms with Crippen LogP contribution in [0.15, 0.2) is 18.2 Å². The maximum atomic E-state index is 12.7. The third-order valence-electron chi connectivity index (χ3n) is 4.06. The highest BCUT2D eigenvalue weighted by molar-refractivity contribution is 6.01. The van der Waals surface area contributed by atoms with Gasteiger partial charge in [-0.25, -0.2) is 0 Å². The summed E-state index contributed by atoms with van der Waals surface area (Å²) >= 11 is 0. The van der Waals surface area contributed by atoms with Crippen molar-refractivity contribution < 1.29 is 9.72 Å². The molecule has 6 nitrogen and oxygen atoms in total. The van der Waals surface area contributed by atoms with Gasteiger partial charge in [0.15, 0.2) is 0 Å². The summed E-state index contributed by atoms with van der Waals surface area (Å²) in [5, 5.41) is 14.1. The van der Waals surface area contributed by atoms with Gasteiger partial charge in [0.1, 0.15) is 5.69 Å². The lowest BCUT2D eigenvalue weighted by Crippen LogP contribution is -2.36. The Bertz CT molecular complexity index is 555. The molecular formula is C15H21N3O3. The molecule has 0 spiro atoms. The molecule has 114 valence electrons. The first-order valence-electron chi connectivity index (χ1n) is 7.25. The molecule has 0 aromatic heterocycles. The molecule has 1 aliphatic rings. The van der Waals surface area contributed by atoms with Crippen LogP contribution in [0.2, 0.25) is 0 Å². The van der Waals surface area contributed by atoms with E-state index in [-0.39, 0.29) is 17.6 Å². The Kier molecular flexibility index (Phi) is 4.45. The Morgan fingerprint density at radius 2 is 2.19 bits per heavy atom. The zero-order valence-electron chi connectivity index (χ0n) is 12.6. The van der Waals surface area contributed by atoms with E-state index in [0.717, 1.165) is 12.8 Å². The van der Waals surface area contributed by atoms with E-state index in [1.807, 2.05) is 13.8 Å². The number of nitro groups is 1. The van der Waals surface area contributed by atoms with Crippen molar-refractivity contribution in [2.45, 2.75) is 32.7 Å². The second-order valence-corrected chi connectivity index (χ2v) is 5.48. The van der Waals surface area contributed by atoms with E-state index in [1.54, 1.807) is 24.1 Å². The number of benzene rings is 1. The van der Waals surface area contributed by atoms with Crippen molar-refractivity contribution in [3.8, 4) is 0 Å². The summed E-state index contributed by atoms with van der Waals surface area (Å²) < 4.78 is 0. The lowest BCUT2D eigenvalue weighted by Gasteiger charge is -2.25.